The van der Waals surface area contributed by atoms with Crippen LogP contribution in [0.3, 0.4) is 0 Å². The van der Waals surface area contributed by atoms with E-state index in [4.69, 9.17) is 0 Å². The largest absolute Gasteiger partial charge is 0.342 e. The molecule has 0 unspecified atom stereocenters. The summed E-state index contributed by atoms with van der Waals surface area (Å²) in [6.07, 6.45) is 11.7. The van der Waals surface area contributed by atoms with Crippen LogP contribution in [-0.2, 0) is 4.79 Å². The number of carbonyl (C=O) groups excluding carboxylic acids is 1. The van der Waals surface area contributed by atoms with Crippen molar-refractivity contribution >= 4 is 17.8 Å². The Bertz CT molecular complexity index is 747. The molecule has 2 aliphatic rings. The quantitative estimate of drug-likeness (QED) is 0.911. The lowest BCUT2D eigenvalue weighted by atomic mass is 9.93. The molecule has 1 N–H and O–H groups in total. The van der Waals surface area contributed by atoms with Gasteiger partial charge in [-0.15, -0.1) is 0 Å². The summed E-state index contributed by atoms with van der Waals surface area (Å²) >= 11 is 0. The minimum Gasteiger partial charge on any atom is -0.342 e. The molecule has 0 radical (unpaired) electrons. The molecule has 2 aromatic rings. The molecule has 2 fully saturated rings. The highest BCUT2D eigenvalue weighted by molar-refractivity contribution is 5.79. The topological polar surface area (TPSA) is 83.9 Å². The van der Waals surface area contributed by atoms with Crippen molar-refractivity contribution in [2.45, 2.75) is 44.4 Å². The third-order valence-corrected chi connectivity index (χ3v) is 5.32. The average Bonchev–Trinajstić information content (AvgIpc) is 3.23. The van der Waals surface area contributed by atoms with Crippen molar-refractivity contribution in [2.24, 2.45) is 5.92 Å². The van der Waals surface area contributed by atoms with Crippen molar-refractivity contribution in [3.05, 3.63) is 36.4 Å². The molecule has 1 aliphatic carbocycles. The van der Waals surface area contributed by atoms with Crippen molar-refractivity contribution in [2.75, 3.05) is 18.4 Å². The van der Waals surface area contributed by atoms with Gasteiger partial charge in [-0.1, -0.05) is 12.8 Å². The number of anilines is 2. The summed E-state index contributed by atoms with van der Waals surface area (Å²) in [5.41, 5.74) is 0.974. The van der Waals surface area contributed by atoms with E-state index in [-0.39, 0.29) is 11.8 Å². The van der Waals surface area contributed by atoms with E-state index in [9.17, 15) is 4.79 Å². The van der Waals surface area contributed by atoms with Crippen molar-refractivity contribution in [3.63, 3.8) is 0 Å². The molecule has 1 saturated heterocycles. The van der Waals surface area contributed by atoms with Crippen LogP contribution in [0.4, 0.5) is 11.9 Å². The highest BCUT2D eigenvalue weighted by Crippen LogP contribution is 2.31. The molecule has 1 aliphatic heterocycles. The number of nitrogens with zero attached hydrogens (tertiary/aromatic N) is 5. The van der Waals surface area contributed by atoms with Crippen LogP contribution in [-0.4, -0.2) is 43.8 Å². The second kappa shape index (κ2) is 7.76. The maximum Gasteiger partial charge on any atom is 0.229 e. The Morgan fingerprint density at radius 3 is 2.58 bits per heavy atom. The smallest absolute Gasteiger partial charge is 0.229 e. The predicted molar refractivity (Wildman–Crippen MR) is 97.9 cm³/mol. The van der Waals surface area contributed by atoms with Gasteiger partial charge in [-0.25, -0.2) is 19.9 Å². The Kier molecular flexibility index (Phi) is 5.04. The lowest BCUT2D eigenvalue weighted by Gasteiger charge is -2.34. The standard InChI is InChI=1S/C19H24N6O/c26-17(14-5-1-2-6-14)25-12-3-7-15(13-25)16-8-11-22-19(23-16)24-18-20-9-4-10-21-18/h4,8-11,14-15H,1-3,5-7,12-13H2,(H,20,21,22,23,24)/t15-/m0/s1. The zero-order chi connectivity index (χ0) is 17.8. The van der Waals surface area contributed by atoms with Crippen molar-refractivity contribution in [3.8, 4) is 0 Å². The molecular formula is C19H24N6O. The summed E-state index contributed by atoms with van der Waals surface area (Å²) in [6.45, 7) is 1.63. The Morgan fingerprint density at radius 2 is 1.77 bits per heavy atom. The molecule has 1 amide bonds. The fourth-order valence-corrected chi connectivity index (χ4v) is 3.97. The van der Waals surface area contributed by atoms with Crippen molar-refractivity contribution in [1.29, 1.82) is 0 Å². The highest BCUT2D eigenvalue weighted by atomic mass is 16.2. The average molecular weight is 352 g/mol. The first-order valence-corrected chi connectivity index (χ1v) is 9.45. The number of likely N-dealkylation sites (tertiary alicyclic amines) is 1. The van der Waals surface area contributed by atoms with E-state index < -0.39 is 0 Å². The number of piperidine rings is 1. The van der Waals surface area contributed by atoms with E-state index in [2.05, 4.69) is 30.2 Å². The summed E-state index contributed by atoms with van der Waals surface area (Å²) in [5, 5.41) is 3.04. The van der Waals surface area contributed by atoms with Crippen LogP contribution in [0, 0.1) is 5.92 Å². The first kappa shape index (κ1) is 16.9. The third kappa shape index (κ3) is 3.81. The Balaban J connectivity index is 1.45. The second-order valence-electron chi connectivity index (χ2n) is 7.11. The minimum absolute atomic E-state index is 0.242. The summed E-state index contributed by atoms with van der Waals surface area (Å²) in [4.78, 5) is 32.0. The molecule has 26 heavy (non-hydrogen) atoms. The predicted octanol–water partition coefficient (Wildman–Crippen LogP) is 2.91. The molecule has 2 aromatic heterocycles. The Morgan fingerprint density at radius 1 is 1.00 bits per heavy atom. The van der Waals surface area contributed by atoms with Crippen LogP contribution in [0.25, 0.3) is 0 Å². The third-order valence-electron chi connectivity index (χ3n) is 5.32. The summed E-state index contributed by atoms with van der Waals surface area (Å²) in [6, 6.07) is 3.71. The Hall–Kier alpha value is -2.57. The van der Waals surface area contributed by atoms with E-state index >= 15 is 0 Å². The fourth-order valence-electron chi connectivity index (χ4n) is 3.97. The molecule has 7 heteroatoms. The lowest BCUT2D eigenvalue weighted by molar-refractivity contribution is -0.136. The molecule has 1 atom stereocenters. The van der Waals surface area contributed by atoms with Gasteiger partial charge in [-0.3, -0.25) is 10.1 Å². The SMILES string of the molecule is O=C(C1CCCC1)N1CCC[C@H](c2ccnc(Nc3ncccn3)n2)C1. The van der Waals surface area contributed by atoms with Gasteiger partial charge < -0.3 is 4.90 Å². The van der Waals surface area contributed by atoms with Gasteiger partial charge in [0.2, 0.25) is 17.8 Å². The maximum absolute atomic E-state index is 12.7. The van der Waals surface area contributed by atoms with Gasteiger partial charge in [0.1, 0.15) is 0 Å². The number of hydrogen-bond acceptors (Lipinski definition) is 6. The number of nitrogens with one attached hydrogen (secondary N) is 1. The molecule has 0 bridgehead atoms. The minimum atomic E-state index is 0.242. The van der Waals surface area contributed by atoms with Crippen LogP contribution in [0.5, 0.6) is 0 Å². The molecule has 0 aromatic carbocycles. The van der Waals surface area contributed by atoms with Gasteiger partial charge in [-0.05, 0) is 37.8 Å². The molecule has 0 spiro atoms. The fraction of sp³-hybridized carbons (Fsp3) is 0.526. The number of rotatable bonds is 4. The van der Waals surface area contributed by atoms with E-state index in [1.165, 1.54) is 12.8 Å². The first-order chi connectivity index (χ1) is 12.8. The van der Waals surface area contributed by atoms with E-state index in [0.29, 0.717) is 17.8 Å². The molecule has 3 heterocycles. The molecule has 136 valence electrons. The van der Waals surface area contributed by atoms with Crippen LogP contribution < -0.4 is 5.32 Å². The zero-order valence-corrected chi connectivity index (χ0v) is 14.8. The van der Waals surface area contributed by atoms with Crippen molar-refractivity contribution < 1.29 is 4.79 Å². The van der Waals surface area contributed by atoms with Gasteiger partial charge in [0.15, 0.2) is 0 Å². The van der Waals surface area contributed by atoms with Crippen molar-refractivity contribution in [1.82, 2.24) is 24.8 Å². The van der Waals surface area contributed by atoms with Crippen LogP contribution in [0.2, 0.25) is 0 Å². The van der Waals surface area contributed by atoms with Gasteiger partial charge in [0.25, 0.3) is 0 Å². The first-order valence-electron chi connectivity index (χ1n) is 9.45. The molecule has 7 nitrogen and oxygen atoms in total. The van der Waals surface area contributed by atoms with Crippen LogP contribution in [0.1, 0.15) is 50.1 Å². The summed E-state index contributed by atoms with van der Waals surface area (Å²) in [5.74, 6) is 1.82. The maximum atomic E-state index is 12.7. The van der Waals surface area contributed by atoms with Crippen LogP contribution >= 0.6 is 0 Å². The van der Waals surface area contributed by atoms with Gasteiger partial charge >= 0.3 is 0 Å². The molecule has 4 rings (SSSR count). The number of amides is 1. The number of carbonyl (C=O) groups is 1. The molecule has 1 saturated carbocycles. The van der Waals surface area contributed by atoms with Gasteiger partial charge in [0.05, 0.1) is 5.69 Å². The van der Waals surface area contributed by atoms with E-state index in [0.717, 1.165) is 44.5 Å². The summed E-state index contributed by atoms with van der Waals surface area (Å²) in [7, 11) is 0. The van der Waals surface area contributed by atoms with E-state index in [1.54, 1.807) is 24.7 Å². The molecular weight excluding hydrogens is 328 g/mol. The van der Waals surface area contributed by atoms with Crippen LogP contribution in [0.15, 0.2) is 30.7 Å². The lowest BCUT2D eigenvalue weighted by Crippen LogP contribution is -2.42. The van der Waals surface area contributed by atoms with Gasteiger partial charge in [0, 0.05) is 43.5 Å². The number of aromatic nitrogens is 4. The monoisotopic (exact) mass is 352 g/mol. The number of hydrogen-bond donors (Lipinski definition) is 1. The Labute approximate surface area is 153 Å². The summed E-state index contributed by atoms with van der Waals surface area (Å²) < 4.78 is 0. The van der Waals surface area contributed by atoms with E-state index in [1.807, 2.05) is 6.07 Å². The zero-order valence-electron chi connectivity index (χ0n) is 14.8. The van der Waals surface area contributed by atoms with Gasteiger partial charge in [-0.2, -0.15) is 0 Å². The highest BCUT2D eigenvalue weighted by Gasteiger charge is 2.31. The second-order valence-corrected chi connectivity index (χ2v) is 7.11. The normalized spacial score (nSPS) is 20.9.